The van der Waals surface area contributed by atoms with Crippen LogP contribution in [0.2, 0.25) is 0 Å². The summed E-state index contributed by atoms with van der Waals surface area (Å²) in [6.45, 7) is 6.83. The lowest BCUT2D eigenvalue weighted by Crippen LogP contribution is -1.82. The molecule has 1 heterocycles. The largest absolute Gasteiger partial charge is 0.130 e. The van der Waals surface area contributed by atoms with Gasteiger partial charge in [-0.2, -0.15) is 0 Å². The molecule has 0 fully saturated rings. The molecular weight excluding hydrogens is 199 g/mol. The quantitative estimate of drug-likeness (QED) is 0.653. The van der Waals surface area contributed by atoms with Crippen LogP contribution in [0.3, 0.4) is 0 Å². The first kappa shape index (κ1) is 10.6. The van der Waals surface area contributed by atoms with Crippen molar-refractivity contribution in [2.45, 2.75) is 33.4 Å². The zero-order valence-electron chi connectivity index (χ0n) is 9.75. The number of fused-ring (bicyclic) bond motifs is 1. The molecule has 0 aliphatic rings. The van der Waals surface area contributed by atoms with Crippen molar-refractivity contribution in [2.75, 3.05) is 0 Å². The van der Waals surface area contributed by atoms with Crippen LogP contribution in [0.5, 0.6) is 0 Å². The zero-order chi connectivity index (χ0) is 10.8. The SMILES string of the molecule is CCC[p+]1cc(C)c2ccccc2c1C. The summed E-state index contributed by atoms with van der Waals surface area (Å²) in [4.78, 5) is 0. The molecule has 0 amide bonds. The summed E-state index contributed by atoms with van der Waals surface area (Å²) in [5, 5.41) is 4.52. The molecular formula is C14H18P+. The summed E-state index contributed by atoms with van der Waals surface area (Å²) in [7, 11) is -0.00437. The molecule has 1 atom stereocenters. The molecule has 15 heavy (non-hydrogen) atoms. The third kappa shape index (κ3) is 1.92. The molecule has 78 valence electrons. The van der Waals surface area contributed by atoms with Gasteiger partial charge in [0, 0.05) is 12.3 Å². The van der Waals surface area contributed by atoms with E-state index in [1.54, 1.807) is 5.30 Å². The lowest BCUT2D eigenvalue weighted by molar-refractivity contribution is 1.03. The molecule has 0 bridgehead atoms. The van der Waals surface area contributed by atoms with Crippen LogP contribution in [0.15, 0.2) is 30.1 Å². The first-order valence-electron chi connectivity index (χ1n) is 5.62. The van der Waals surface area contributed by atoms with E-state index in [-0.39, 0.29) is 7.53 Å². The Labute approximate surface area is 93.0 Å². The minimum absolute atomic E-state index is 0.00437. The van der Waals surface area contributed by atoms with Gasteiger partial charge in [-0.15, -0.1) is 0 Å². The smallest absolute Gasteiger partial charge is 0.0616 e. The molecule has 0 N–H and O–H groups in total. The molecule has 0 radical (unpaired) electrons. The fourth-order valence-electron chi connectivity index (χ4n) is 2.17. The van der Waals surface area contributed by atoms with Crippen molar-refractivity contribution in [1.82, 2.24) is 0 Å². The molecule has 2 rings (SSSR count). The average Bonchev–Trinajstić information content (AvgIpc) is 2.26. The molecule has 0 aliphatic heterocycles. The molecule has 0 saturated heterocycles. The third-order valence-corrected chi connectivity index (χ3v) is 5.72. The Bertz CT molecular complexity index is 486. The highest BCUT2D eigenvalue weighted by atomic mass is 31.1. The van der Waals surface area contributed by atoms with Gasteiger partial charge in [-0.1, -0.05) is 31.2 Å². The second-order valence-electron chi connectivity index (χ2n) is 4.14. The Hall–Kier alpha value is -0.870. The van der Waals surface area contributed by atoms with Crippen molar-refractivity contribution in [1.29, 1.82) is 0 Å². The van der Waals surface area contributed by atoms with E-state index in [2.05, 4.69) is 50.8 Å². The van der Waals surface area contributed by atoms with Crippen molar-refractivity contribution in [2.24, 2.45) is 0 Å². The van der Waals surface area contributed by atoms with E-state index in [0.29, 0.717) is 0 Å². The summed E-state index contributed by atoms with van der Waals surface area (Å²) in [6, 6.07) is 8.80. The Morgan fingerprint density at radius 1 is 1.07 bits per heavy atom. The van der Waals surface area contributed by atoms with Crippen molar-refractivity contribution >= 4 is 18.3 Å². The summed E-state index contributed by atoms with van der Waals surface area (Å²) in [5.41, 5.74) is 1.47. The van der Waals surface area contributed by atoms with Crippen LogP contribution >= 0.6 is 7.53 Å². The van der Waals surface area contributed by atoms with Gasteiger partial charge in [0.15, 0.2) is 0 Å². The van der Waals surface area contributed by atoms with Crippen LogP contribution in [-0.2, 0) is 6.16 Å². The predicted molar refractivity (Wildman–Crippen MR) is 70.8 cm³/mol. The lowest BCUT2D eigenvalue weighted by Gasteiger charge is -2.03. The maximum Gasteiger partial charge on any atom is 0.130 e. The van der Waals surface area contributed by atoms with Crippen molar-refractivity contribution < 1.29 is 0 Å². The second-order valence-corrected chi connectivity index (χ2v) is 6.45. The summed E-state index contributed by atoms with van der Waals surface area (Å²) in [5.74, 6) is 2.50. The first-order chi connectivity index (χ1) is 7.24. The molecule has 0 aliphatic carbocycles. The standard InChI is InChI=1S/C14H18P/c1-4-9-15-10-11(2)13-7-5-6-8-14(13)12(15)3/h5-8,10H,4,9H2,1-3H3/q+1. The van der Waals surface area contributed by atoms with Gasteiger partial charge in [0.05, 0.1) is 0 Å². The molecule has 1 unspecified atom stereocenters. The number of hydrogen-bond donors (Lipinski definition) is 0. The maximum absolute atomic E-state index is 2.50. The molecule has 2 aromatic rings. The minimum atomic E-state index is -0.00437. The van der Waals surface area contributed by atoms with Crippen LogP contribution in [0.1, 0.15) is 24.2 Å². The Morgan fingerprint density at radius 2 is 1.73 bits per heavy atom. The topological polar surface area (TPSA) is 0 Å². The molecule has 1 aromatic carbocycles. The Kier molecular flexibility index (Phi) is 3.07. The van der Waals surface area contributed by atoms with Crippen LogP contribution in [0, 0.1) is 13.8 Å². The van der Waals surface area contributed by atoms with Crippen LogP contribution in [0.25, 0.3) is 10.8 Å². The number of benzene rings is 1. The van der Waals surface area contributed by atoms with E-state index in [0.717, 1.165) is 0 Å². The zero-order valence-corrected chi connectivity index (χ0v) is 10.6. The van der Waals surface area contributed by atoms with Gasteiger partial charge in [-0.25, -0.2) is 0 Å². The summed E-state index contributed by atoms with van der Waals surface area (Å²) in [6.07, 6.45) is 2.63. The number of rotatable bonds is 2. The third-order valence-electron chi connectivity index (χ3n) is 2.99. The van der Waals surface area contributed by atoms with Gasteiger partial charge >= 0.3 is 0 Å². The fourth-order valence-corrected chi connectivity index (χ4v) is 4.42. The Balaban J connectivity index is 2.72. The highest BCUT2D eigenvalue weighted by molar-refractivity contribution is 7.49. The average molecular weight is 217 g/mol. The minimum Gasteiger partial charge on any atom is -0.0616 e. The van der Waals surface area contributed by atoms with Gasteiger partial charge in [-0.3, -0.25) is 0 Å². The normalized spacial score (nSPS) is 12.1. The van der Waals surface area contributed by atoms with Crippen molar-refractivity contribution in [3.63, 3.8) is 0 Å². The van der Waals surface area contributed by atoms with Gasteiger partial charge < -0.3 is 0 Å². The molecule has 1 aromatic heterocycles. The van der Waals surface area contributed by atoms with E-state index in [1.165, 1.54) is 28.9 Å². The van der Waals surface area contributed by atoms with Crippen LogP contribution in [-0.4, -0.2) is 0 Å². The van der Waals surface area contributed by atoms with Crippen molar-refractivity contribution in [3.8, 4) is 0 Å². The monoisotopic (exact) mass is 217 g/mol. The molecule has 0 spiro atoms. The van der Waals surface area contributed by atoms with Gasteiger partial charge in [0.2, 0.25) is 0 Å². The van der Waals surface area contributed by atoms with Crippen LogP contribution < -0.4 is 0 Å². The number of aryl methyl sites for hydroxylation is 3. The van der Waals surface area contributed by atoms with E-state index in [4.69, 9.17) is 0 Å². The molecule has 0 nitrogen and oxygen atoms in total. The first-order valence-corrected chi connectivity index (χ1v) is 7.22. The van der Waals surface area contributed by atoms with E-state index in [1.807, 2.05) is 0 Å². The van der Waals surface area contributed by atoms with E-state index < -0.39 is 0 Å². The Morgan fingerprint density at radius 3 is 2.40 bits per heavy atom. The summed E-state index contributed by atoms with van der Waals surface area (Å²) < 4.78 is 0. The van der Waals surface area contributed by atoms with Crippen molar-refractivity contribution in [3.05, 3.63) is 40.9 Å². The van der Waals surface area contributed by atoms with Crippen LogP contribution in [0.4, 0.5) is 0 Å². The van der Waals surface area contributed by atoms with E-state index >= 15 is 0 Å². The van der Waals surface area contributed by atoms with E-state index in [9.17, 15) is 0 Å². The highest BCUT2D eigenvalue weighted by Gasteiger charge is 2.14. The van der Waals surface area contributed by atoms with Gasteiger partial charge in [0.25, 0.3) is 0 Å². The second kappa shape index (κ2) is 4.33. The maximum atomic E-state index is 2.50. The lowest BCUT2D eigenvalue weighted by atomic mass is 10.1. The fraction of sp³-hybridized carbons (Fsp3) is 0.357. The molecule has 0 saturated carbocycles. The predicted octanol–water partition coefficient (Wildman–Crippen LogP) is 5.13. The summed E-state index contributed by atoms with van der Waals surface area (Å²) >= 11 is 0. The van der Waals surface area contributed by atoms with Gasteiger partial charge in [-0.05, 0) is 24.3 Å². The molecule has 1 heteroatoms. The van der Waals surface area contributed by atoms with Gasteiger partial charge in [0.1, 0.15) is 24.8 Å². The highest BCUT2D eigenvalue weighted by Crippen LogP contribution is 2.40. The number of hydrogen-bond acceptors (Lipinski definition) is 0.